The number of hydrogen-bond donors (Lipinski definition) is 0. The maximum absolute atomic E-state index is 12.7. The lowest BCUT2D eigenvalue weighted by molar-refractivity contribution is -0.0498. The van der Waals surface area contributed by atoms with Crippen LogP contribution in [0.5, 0.6) is 5.75 Å². The second kappa shape index (κ2) is 5.56. The Morgan fingerprint density at radius 1 is 1.00 bits per heavy atom. The van der Waals surface area contributed by atoms with Gasteiger partial charge in [-0.3, -0.25) is 4.79 Å². The van der Waals surface area contributed by atoms with E-state index in [4.69, 9.17) is 0 Å². The van der Waals surface area contributed by atoms with E-state index in [9.17, 15) is 18.0 Å². The lowest BCUT2D eigenvalue weighted by atomic mass is 10.0. The zero-order chi connectivity index (χ0) is 13.8. The van der Waals surface area contributed by atoms with Crippen LogP contribution in [0.15, 0.2) is 48.5 Å². The maximum Gasteiger partial charge on any atom is 0.387 e. The predicted octanol–water partition coefficient (Wildman–Crippen LogP) is 3.66. The quantitative estimate of drug-likeness (QED) is 0.789. The smallest absolute Gasteiger partial charge is 0.387 e. The van der Waals surface area contributed by atoms with Crippen LogP contribution >= 0.6 is 0 Å². The van der Waals surface area contributed by atoms with Crippen LogP contribution < -0.4 is 4.74 Å². The van der Waals surface area contributed by atoms with Gasteiger partial charge in [0.2, 0.25) is 0 Å². The van der Waals surface area contributed by atoms with E-state index >= 15 is 0 Å². The highest BCUT2D eigenvalue weighted by Gasteiger charge is 2.11. The number of carbonyl (C=O) groups is 1. The Morgan fingerprint density at radius 2 is 1.68 bits per heavy atom. The molecule has 0 spiro atoms. The van der Waals surface area contributed by atoms with E-state index in [2.05, 4.69) is 4.74 Å². The molecule has 0 fully saturated rings. The second-order valence-electron chi connectivity index (χ2n) is 3.74. The number of ketones is 1. The molecule has 2 aromatic rings. The van der Waals surface area contributed by atoms with E-state index in [1.165, 1.54) is 36.4 Å². The highest BCUT2D eigenvalue weighted by molar-refractivity contribution is 6.09. The molecule has 2 aromatic carbocycles. The molecule has 0 heterocycles. The second-order valence-corrected chi connectivity index (χ2v) is 3.74. The SMILES string of the molecule is O=C(c1ccc(F)cc1)c1cccc(OC(F)F)c1. The van der Waals surface area contributed by atoms with Crippen molar-refractivity contribution in [2.75, 3.05) is 0 Å². The fraction of sp³-hybridized carbons (Fsp3) is 0.0714. The van der Waals surface area contributed by atoms with Gasteiger partial charge in [-0.05, 0) is 36.4 Å². The fourth-order valence-corrected chi connectivity index (χ4v) is 1.58. The molecule has 0 saturated heterocycles. The summed E-state index contributed by atoms with van der Waals surface area (Å²) in [5.41, 5.74) is 0.473. The Morgan fingerprint density at radius 3 is 2.32 bits per heavy atom. The number of ether oxygens (including phenoxy) is 1. The lowest BCUT2D eigenvalue weighted by Gasteiger charge is -2.06. The molecule has 5 heteroatoms. The highest BCUT2D eigenvalue weighted by atomic mass is 19.3. The summed E-state index contributed by atoms with van der Waals surface area (Å²) in [6, 6.07) is 10.4. The van der Waals surface area contributed by atoms with Crippen molar-refractivity contribution < 1.29 is 22.7 Å². The van der Waals surface area contributed by atoms with Gasteiger partial charge in [0.1, 0.15) is 11.6 Å². The molecule has 0 amide bonds. The predicted molar refractivity (Wildman–Crippen MR) is 62.9 cm³/mol. The third-order valence-corrected chi connectivity index (χ3v) is 2.43. The molecule has 0 bridgehead atoms. The molecule has 98 valence electrons. The monoisotopic (exact) mass is 266 g/mol. The summed E-state index contributed by atoms with van der Waals surface area (Å²) in [6.45, 7) is -2.95. The average molecular weight is 266 g/mol. The first kappa shape index (κ1) is 13.1. The van der Waals surface area contributed by atoms with Crippen molar-refractivity contribution in [3.8, 4) is 5.75 Å². The van der Waals surface area contributed by atoms with Gasteiger partial charge < -0.3 is 4.74 Å². The van der Waals surface area contributed by atoms with Crippen LogP contribution in [0.1, 0.15) is 15.9 Å². The van der Waals surface area contributed by atoms with Gasteiger partial charge >= 0.3 is 6.61 Å². The van der Waals surface area contributed by atoms with Gasteiger partial charge in [0, 0.05) is 11.1 Å². The van der Waals surface area contributed by atoms with Crippen molar-refractivity contribution in [1.82, 2.24) is 0 Å². The largest absolute Gasteiger partial charge is 0.435 e. The summed E-state index contributed by atoms with van der Waals surface area (Å²) in [4.78, 5) is 12.0. The Kier molecular flexibility index (Phi) is 3.85. The first-order chi connectivity index (χ1) is 9.06. The molecule has 0 aliphatic heterocycles. The van der Waals surface area contributed by atoms with Gasteiger partial charge in [-0.25, -0.2) is 4.39 Å². The first-order valence-electron chi connectivity index (χ1n) is 5.41. The van der Waals surface area contributed by atoms with E-state index in [-0.39, 0.29) is 22.7 Å². The van der Waals surface area contributed by atoms with Crippen LogP contribution in [0.3, 0.4) is 0 Å². The minimum Gasteiger partial charge on any atom is -0.435 e. The number of alkyl halides is 2. The lowest BCUT2D eigenvalue weighted by Crippen LogP contribution is -2.05. The topological polar surface area (TPSA) is 26.3 Å². The van der Waals surface area contributed by atoms with Crippen LogP contribution in [0, 0.1) is 5.82 Å². The molecular formula is C14H9F3O2. The number of halogens is 3. The van der Waals surface area contributed by atoms with Gasteiger partial charge in [-0.2, -0.15) is 8.78 Å². The fourth-order valence-electron chi connectivity index (χ4n) is 1.58. The Bertz CT molecular complexity index is 579. The number of hydrogen-bond acceptors (Lipinski definition) is 2. The average Bonchev–Trinajstić information content (AvgIpc) is 2.38. The van der Waals surface area contributed by atoms with Crippen LogP contribution in [0.25, 0.3) is 0 Å². The summed E-state index contributed by atoms with van der Waals surface area (Å²) in [6.07, 6.45) is 0. The van der Waals surface area contributed by atoms with E-state index < -0.39 is 12.4 Å². The highest BCUT2D eigenvalue weighted by Crippen LogP contribution is 2.18. The molecule has 0 radical (unpaired) electrons. The van der Waals surface area contributed by atoms with Gasteiger partial charge in [0.15, 0.2) is 5.78 Å². The van der Waals surface area contributed by atoms with Crippen LogP contribution in [0.4, 0.5) is 13.2 Å². The third-order valence-electron chi connectivity index (χ3n) is 2.43. The molecule has 0 aliphatic rings. The summed E-state index contributed by atoms with van der Waals surface area (Å²) in [7, 11) is 0. The van der Waals surface area contributed by atoms with Crippen LogP contribution in [-0.2, 0) is 0 Å². The summed E-state index contributed by atoms with van der Waals surface area (Å²) in [5.74, 6) is -0.936. The van der Waals surface area contributed by atoms with Gasteiger partial charge in [0.05, 0.1) is 0 Å². The molecular weight excluding hydrogens is 257 g/mol. The minimum absolute atomic E-state index is 0.0945. The summed E-state index contributed by atoms with van der Waals surface area (Å²) < 4.78 is 41.1. The van der Waals surface area contributed by atoms with E-state index in [0.29, 0.717) is 0 Å². The Labute approximate surface area is 107 Å². The summed E-state index contributed by atoms with van der Waals surface area (Å²) >= 11 is 0. The van der Waals surface area contributed by atoms with Gasteiger partial charge in [-0.1, -0.05) is 12.1 Å². The number of carbonyl (C=O) groups excluding carboxylic acids is 1. The first-order valence-corrected chi connectivity index (χ1v) is 5.41. The van der Waals surface area contributed by atoms with Gasteiger partial charge in [0.25, 0.3) is 0 Å². The molecule has 2 nitrogen and oxygen atoms in total. The van der Waals surface area contributed by atoms with Crippen LogP contribution in [0.2, 0.25) is 0 Å². The van der Waals surface area contributed by atoms with Crippen molar-refractivity contribution in [1.29, 1.82) is 0 Å². The van der Waals surface area contributed by atoms with Crippen molar-refractivity contribution in [2.45, 2.75) is 6.61 Å². The number of rotatable bonds is 4. The minimum atomic E-state index is -2.95. The van der Waals surface area contributed by atoms with E-state index in [0.717, 1.165) is 12.1 Å². The molecule has 0 aromatic heterocycles. The zero-order valence-corrected chi connectivity index (χ0v) is 9.65. The molecule has 0 N–H and O–H groups in total. The molecule has 19 heavy (non-hydrogen) atoms. The van der Waals surface area contributed by atoms with Crippen LogP contribution in [-0.4, -0.2) is 12.4 Å². The van der Waals surface area contributed by atoms with E-state index in [1.54, 1.807) is 0 Å². The molecule has 0 saturated carbocycles. The summed E-state index contributed by atoms with van der Waals surface area (Å²) in [5, 5.41) is 0. The molecule has 2 rings (SSSR count). The third kappa shape index (κ3) is 3.34. The molecule has 0 atom stereocenters. The zero-order valence-electron chi connectivity index (χ0n) is 9.65. The normalized spacial score (nSPS) is 10.5. The number of benzene rings is 2. The Hall–Kier alpha value is -2.30. The molecule has 0 unspecified atom stereocenters. The van der Waals surface area contributed by atoms with E-state index in [1.807, 2.05) is 0 Å². The maximum atomic E-state index is 12.7. The molecule has 0 aliphatic carbocycles. The van der Waals surface area contributed by atoms with Crippen molar-refractivity contribution >= 4 is 5.78 Å². The standard InChI is InChI=1S/C14H9F3O2/c15-11-6-4-9(5-7-11)13(18)10-2-1-3-12(8-10)19-14(16)17/h1-8,14H. The Balaban J connectivity index is 2.26. The van der Waals surface area contributed by atoms with Crippen molar-refractivity contribution in [3.05, 3.63) is 65.5 Å². The van der Waals surface area contributed by atoms with Crippen molar-refractivity contribution in [2.24, 2.45) is 0 Å². The van der Waals surface area contributed by atoms with Gasteiger partial charge in [-0.15, -0.1) is 0 Å². The van der Waals surface area contributed by atoms with Crippen molar-refractivity contribution in [3.63, 3.8) is 0 Å².